The molecule has 2 rings (SSSR count). The molecule has 0 N–H and O–H groups in total. The third-order valence-corrected chi connectivity index (χ3v) is 4.57. The van der Waals surface area contributed by atoms with Crippen LogP contribution in [0.1, 0.15) is 40.9 Å². The third-order valence-electron chi connectivity index (χ3n) is 2.77. The molecule has 2 aromatic rings. The topological polar surface area (TPSA) is 17.1 Å². The SMILES string of the molecule is CC(C)(C)c1ccc(C(=O)c2cccc(Cl)c2F)s1. The quantitative estimate of drug-likeness (QED) is 0.707. The molecule has 0 aliphatic heterocycles. The molecule has 0 atom stereocenters. The fourth-order valence-corrected chi connectivity index (χ4v) is 2.87. The lowest BCUT2D eigenvalue weighted by atomic mass is 9.95. The van der Waals surface area contributed by atoms with Crippen molar-refractivity contribution in [2.75, 3.05) is 0 Å². The normalized spacial score (nSPS) is 11.6. The smallest absolute Gasteiger partial charge is 0.205 e. The van der Waals surface area contributed by atoms with Crippen molar-refractivity contribution in [1.29, 1.82) is 0 Å². The van der Waals surface area contributed by atoms with E-state index >= 15 is 0 Å². The van der Waals surface area contributed by atoms with Crippen LogP contribution in [0, 0.1) is 5.82 Å². The molecule has 1 aromatic carbocycles. The second-order valence-corrected chi connectivity index (χ2v) is 6.84. The summed E-state index contributed by atoms with van der Waals surface area (Å²) in [5.74, 6) is -0.972. The van der Waals surface area contributed by atoms with E-state index in [4.69, 9.17) is 11.6 Å². The number of halogens is 2. The average molecular weight is 297 g/mol. The number of thiophene rings is 1. The van der Waals surface area contributed by atoms with Gasteiger partial charge in [-0.25, -0.2) is 4.39 Å². The first-order chi connectivity index (χ1) is 8.80. The van der Waals surface area contributed by atoms with Gasteiger partial charge in [0.1, 0.15) is 0 Å². The molecule has 0 aliphatic rings. The van der Waals surface area contributed by atoms with Gasteiger partial charge in [-0.2, -0.15) is 0 Å². The van der Waals surface area contributed by atoms with Gasteiger partial charge in [-0.3, -0.25) is 4.79 Å². The van der Waals surface area contributed by atoms with E-state index in [0.717, 1.165) is 4.88 Å². The highest BCUT2D eigenvalue weighted by Gasteiger charge is 2.21. The Balaban J connectivity index is 2.40. The lowest BCUT2D eigenvalue weighted by molar-refractivity contribution is 0.103. The lowest BCUT2D eigenvalue weighted by Crippen LogP contribution is -2.08. The molecule has 0 radical (unpaired) electrons. The molecule has 0 saturated heterocycles. The van der Waals surface area contributed by atoms with Gasteiger partial charge in [-0.1, -0.05) is 38.4 Å². The largest absolute Gasteiger partial charge is 0.288 e. The van der Waals surface area contributed by atoms with E-state index in [1.807, 2.05) is 6.07 Å². The fourth-order valence-electron chi connectivity index (χ4n) is 1.67. The Labute approximate surface area is 121 Å². The highest BCUT2D eigenvalue weighted by atomic mass is 35.5. The summed E-state index contributed by atoms with van der Waals surface area (Å²) in [5, 5.41) is -0.0292. The Kier molecular flexibility index (Phi) is 3.79. The molecule has 1 aromatic heterocycles. The minimum atomic E-state index is -0.653. The summed E-state index contributed by atoms with van der Waals surface area (Å²) < 4.78 is 13.8. The van der Waals surface area contributed by atoms with E-state index in [2.05, 4.69) is 20.8 Å². The van der Waals surface area contributed by atoms with Crippen LogP contribution in [-0.2, 0) is 5.41 Å². The second-order valence-electron chi connectivity index (χ2n) is 5.34. The maximum absolute atomic E-state index is 13.8. The zero-order valence-electron chi connectivity index (χ0n) is 11.0. The highest BCUT2D eigenvalue weighted by molar-refractivity contribution is 7.14. The van der Waals surface area contributed by atoms with Crippen LogP contribution in [0.5, 0.6) is 0 Å². The minimum absolute atomic E-state index is 0.0178. The van der Waals surface area contributed by atoms with Crippen molar-refractivity contribution in [3.8, 4) is 0 Å². The zero-order valence-corrected chi connectivity index (χ0v) is 12.5. The van der Waals surface area contributed by atoms with Crippen LogP contribution in [0.15, 0.2) is 30.3 Å². The summed E-state index contributed by atoms with van der Waals surface area (Å²) in [7, 11) is 0. The Morgan fingerprint density at radius 1 is 1.21 bits per heavy atom. The van der Waals surface area contributed by atoms with Crippen LogP contribution in [0.25, 0.3) is 0 Å². The summed E-state index contributed by atoms with van der Waals surface area (Å²) >= 11 is 7.10. The van der Waals surface area contributed by atoms with E-state index < -0.39 is 5.82 Å². The van der Waals surface area contributed by atoms with Gasteiger partial charge in [-0.05, 0) is 29.7 Å². The molecule has 0 bridgehead atoms. The summed E-state index contributed by atoms with van der Waals surface area (Å²) in [5.41, 5.74) is 0.00519. The van der Waals surface area contributed by atoms with Gasteiger partial charge in [-0.15, -0.1) is 11.3 Å². The van der Waals surface area contributed by atoms with Crippen molar-refractivity contribution in [3.05, 3.63) is 56.5 Å². The Morgan fingerprint density at radius 3 is 2.47 bits per heavy atom. The van der Waals surface area contributed by atoms with Crippen molar-refractivity contribution < 1.29 is 9.18 Å². The first kappa shape index (κ1) is 14.2. The van der Waals surface area contributed by atoms with Gasteiger partial charge < -0.3 is 0 Å². The number of carbonyl (C=O) groups is 1. The summed E-state index contributed by atoms with van der Waals surface area (Å²) in [6, 6.07) is 8.13. The van der Waals surface area contributed by atoms with Gasteiger partial charge in [0.2, 0.25) is 5.78 Å². The van der Waals surface area contributed by atoms with Gasteiger partial charge in [0.15, 0.2) is 5.82 Å². The third kappa shape index (κ3) is 2.88. The van der Waals surface area contributed by atoms with E-state index in [0.29, 0.717) is 4.88 Å². The monoisotopic (exact) mass is 296 g/mol. The van der Waals surface area contributed by atoms with Gasteiger partial charge >= 0.3 is 0 Å². The van der Waals surface area contributed by atoms with E-state index in [9.17, 15) is 9.18 Å². The maximum Gasteiger partial charge on any atom is 0.205 e. The van der Waals surface area contributed by atoms with E-state index in [-0.39, 0.29) is 21.8 Å². The van der Waals surface area contributed by atoms with Crippen LogP contribution in [0.2, 0.25) is 5.02 Å². The van der Waals surface area contributed by atoms with Crippen LogP contribution >= 0.6 is 22.9 Å². The van der Waals surface area contributed by atoms with E-state index in [1.54, 1.807) is 12.1 Å². The Hall–Kier alpha value is -1.19. The van der Waals surface area contributed by atoms with Crippen LogP contribution < -0.4 is 0 Å². The molecular weight excluding hydrogens is 283 g/mol. The molecule has 1 nitrogen and oxygen atoms in total. The van der Waals surface area contributed by atoms with Crippen molar-refractivity contribution in [2.45, 2.75) is 26.2 Å². The maximum atomic E-state index is 13.8. The number of hydrogen-bond donors (Lipinski definition) is 0. The number of ketones is 1. The summed E-state index contributed by atoms with van der Waals surface area (Å²) in [4.78, 5) is 13.9. The molecule has 0 spiro atoms. The van der Waals surface area contributed by atoms with Crippen LogP contribution in [0.3, 0.4) is 0 Å². The minimum Gasteiger partial charge on any atom is -0.288 e. The second kappa shape index (κ2) is 5.06. The van der Waals surface area contributed by atoms with Crippen molar-refractivity contribution in [3.63, 3.8) is 0 Å². The first-order valence-electron chi connectivity index (χ1n) is 5.90. The first-order valence-corrected chi connectivity index (χ1v) is 7.09. The molecule has 0 saturated carbocycles. The van der Waals surface area contributed by atoms with Gasteiger partial charge in [0, 0.05) is 4.88 Å². The van der Waals surface area contributed by atoms with E-state index in [1.165, 1.54) is 23.5 Å². The summed E-state index contributed by atoms with van der Waals surface area (Å²) in [6.45, 7) is 6.23. The van der Waals surface area contributed by atoms with Gasteiger partial charge in [0.05, 0.1) is 15.5 Å². The molecule has 1 heterocycles. The molecule has 0 aliphatic carbocycles. The average Bonchev–Trinajstić information content (AvgIpc) is 2.81. The fraction of sp³-hybridized carbons (Fsp3) is 0.267. The summed E-state index contributed by atoms with van der Waals surface area (Å²) in [6.07, 6.45) is 0. The number of hydrogen-bond acceptors (Lipinski definition) is 2. The van der Waals surface area contributed by atoms with Crippen molar-refractivity contribution >= 4 is 28.7 Å². The number of rotatable bonds is 2. The van der Waals surface area contributed by atoms with Crippen LogP contribution in [-0.4, -0.2) is 5.78 Å². The molecule has 19 heavy (non-hydrogen) atoms. The Bertz CT molecular complexity index is 625. The molecule has 0 fully saturated rings. The van der Waals surface area contributed by atoms with Crippen molar-refractivity contribution in [2.24, 2.45) is 0 Å². The van der Waals surface area contributed by atoms with Crippen molar-refractivity contribution in [1.82, 2.24) is 0 Å². The number of carbonyl (C=O) groups excluding carboxylic acids is 1. The predicted molar refractivity (Wildman–Crippen MR) is 77.9 cm³/mol. The predicted octanol–water partition coefficient (Wildman–Crippen LogP) is 5.07. The highest BCUT2D eigenvalue weighted by Crippen LogP contribution is 2.31. The zero-order chi connectivity index (χ0) is 14.2. The van der Waals surface area contributed by atoms with Crippen LogP contribution in [0.4, 0.5) is 4.39 Å². The Morgan fingerprint density at radius 2 is 1.89 bits per heavy atom. The molecule has 0 amide bonds. The standard InChI is InChI=1S/C15H14ClFOS/c1-15(2,3)12-8-7-11(19-12)14(18)9-5-4-6-10(16)13(9)17/h4-8H,1-3H3. The molecule has 4 heteroatoms. The molecular formula is C15H14ClFOS. The molecule has 0 unspecified atom stereocenters. The molecule has 100 valence electrons. The lowest BCUT2D eigenvalue weighted by Gasteiger charge is -2.15. The van der Waals surface area contributed by atoms with Gasteiger partial charge in [0.25, 0.3) is 0 Å². The number of benzene rings is 1.